The van der Waals surface area contributed by atoms with Crippen molar-refractivity contribution >= 4 is 17.3 Å². The SMILES string of the molecule is O=C(c1ccc(N2CCCCCC2)c([N+](=O)[O-])c1)N1CCC1. The second-order valence-corrected chi connectivity index (χ2v) is 6.01. The molecule has 2 aliphatic rings. The lowest BCUT2D eigenvalue weighted by molar-refractivity contribution is -0.384. The van der Waals surface area contributed by atoms with E-state index >= 15 is 0 Å². The Labute approximate surface area is 129 Å². The van der Waals surface area contributed by atoms with Crippen molar-refractivity contribution in [2.24, 2.45) is 0 Å². The molecule has 1 amide bonds. The van der Waals surface area contributed by atoms with Crippen molar-refractivity contribution in [1.29, 1.82) is 0 Å². The van der Waals surface area contributed by atoms with Crippen molar-refractivity contribution in [3.05, 3.63) is 33.9 Å². The molecule has 1 aromatic carbocycles. The van der Waals surface area contributed by atoms with Crippen molar-refractivity contribution in [1.82, 2.24) is 4.90 Å². The maximum Gasteiger partial charge on any atom is 0.293 e. The van der Waals surface area contributed by atoms with E-state index in [1.807, 2.05) is 0 Å². The molecule has 2 heterocycles. The summed E-state index contributed by atoms with van der Waals surface area (Å²) < 4.78 is 0. The van der Waals surface area contributed by atoms with Gasteiger partial charge < -0.3 is 9.80 Å². The van der Waals surface area contributed by atoms with E-state index in [9.17, 15) is 14.9 Å². The third-order valence-corrected chi connectivity index (χ3v) is 4.51. The molecule has 1 aromatic rings. The predicted molar refractivity (Wildman–Crippen MR) is 84.3 cm³/mol. The van der Waals surface area contributed by atoms with Crippen LogP contribution in [0.15, 0.2) is 18.2 Å². The second kappa shape index (κ2) is 6.34. The van der Waals surface area contributed by atoms with Crippen LogP contribution in [-0.4, -0.2) is 41.9 Å². The van der Waals surface area contributed by atoms with Gasteiger partial charge in [-0.05, 0) is 31.4 Å². The van der Waals surface area contributed by atoms with Crippen LogP contribution in [0.5, 0.6) is 0 Å². The van der Waals surface area contributed by atoms with E-state index in [1.165, 1.54) is 18.9 Å². The number of amides is 1. The Balaban J connectivity index is 1.89. The average molecular weight is 303 g/mol. The molecule has 3 rings (SSSR count). The zero-order valence-electron chi connectivity index (χ0n) is 12.7. The van der Waals surface area contributed by atoms with Crippen LogP contribution in [0, 0.1) is 10.1 Å². The highest BCUT2D eigenvalue weighted by molar-refractivity contribution is 5.96. The highest BCUT2D eigenvalue weighted by Gasteiger charge is 2.26. The highest BCUT2D eigenvalue weighted by Crippen LogP contribution is 2.31. The van der Waals surface area contributed by atoms with Crippen molar-refractivity contribution in [2.75, 3.05) is 31.1 Å². The molecule has 0 radical (unpaired) electrons. The van der Waals surface area contributed by atoms with Crippen molar-refractivity contribution in [3.8, 4) is 0 Å². The van der Waals surface area contributed by atoms with Gasteiger partial charge in [-0.25, -0.2) is 0 Å². The molecule has 0 N–H and O–H groups in total. The lowest BCUT2D eigenvalue weighted by Gasteiger charge is -2.31. The summed E-state index contributed by atoms with van der Waals surface area (Å²) in [4.78, 5) is 27.1. The van der Waals surface area contributed by atoms with Crippen LogP contribution in [-0.2, 0) is 0 Å². The van der Waals surface area contributed by atoms with E-state index in [2.05, 4.69) is 4.90 Å². The summed E-state index contributed by atoms with van der Waals surface area (Å²) in [5.74, 6) is -0.100. The van der Waals surface area contributed by atoms with E-state index < -0.39 is 0 Å². The number of hydrogen-bond acceptors (Lipinski definition) is 4. The smallest absolute Gasteiger partial charge is 0.293 e. The van der Waals surface area contributed by atoms with E-state index in [0.29, 0.717) is 11.3 Å². The lowest BCUT2D eigenvalue weighted by atomic mass is 10.1. The van der Waals surface area contributed by atoms with Crippen LogP contribution in [0.1, 0.15) is 42.5 Å². The standard InChI is InChI=1S/C16H21N3O3/c20-16(18-10-5-11-18)13-6-7-14(15(12-13)19(21)22)17-8-3-1-2-4-9-17/h6-7,12H,1-5,8-11H2. The molecule has 0 bridgehead atoms. The molecule has 118 valence electrons. The van der Waals surface area contributed by atoms with Gasteiger partial charge in [-0.3, -0.25) is 14.9 Å². The molecule has 22 heavy (non-hydrogen) atoms. The average Bonchev–Trinajstić information content (AvgIpc) is 2.73. The van der Waals surface area contributed by atoms with Crippen LogP contribution in [0.4, 0.5) is 11.4 Å². The first-order chi connectivity index (χ1) is 10.7. The summed E-state index contributed by atoms with van der Waals surface area (Å²) in [5, 5.41) is 11.4. The number of carbonyl (C=O) groups is 1. The molecule has 0 saturated carbocycles. The molecule has 2 aliphatic heterocycles. The third-order valence-electron chi connectivity index (χ3n) is 4.51. The number of carbonyl (C=O) groups excluding carboxylic acids is 1. The molecule has 2 saturated heterocycles. The van der Waals surface area contributed by atoms with Gasteiger partial charge in [-0.2, -0.15) is 0 Å². The van der Waals surface area contributed by atoms with Crippen LogP contribution in [0.3, 0.4) is 0 Å². The predicted octanol–water partition coefficient (Wildman–Crippen LogP) is 2.82. The minimum absolute atomic E-state index is 0.0493. The van der Waals surface area contributed by atoms with Crippen LogP contribution >= 0.6 is 0 Å². The maximum absolute atomic E-state index is 12.2. The molecule has 0 spiro atoms. The van der Waals surface area contributed by atoms with Gasteiger partial charge in [-0.1, -0.05) is 12.8 Å². The van der Waals surface area contributed by atoms with Crippen LogP contribution < -0.4 is 4.90 Å². The van der Waals surface area contributed by atoms with Crippen LogP contribution in [0.25, 0.3) is 0 Å². The Hall–Kier alpha value is -2.11. The molecule has 6 heteroatoms. The normalized spacial score (nSPS) is 18.5. The topological polar surface area (TPSA) is 66.7 Å². The number of nitro groups is 1. The van der Waals surface area contributed by atoms with Gasteiger partial charge in [0.15, 0.2) is 0 Å². The largest absolute Gasteiger partial charge is 0.366 e. The zero-order valence-corrected chi connectivity index (χ0v) is 12.7. The summed E-state index contributed by atoms with van der Waals surface area (Å²) in [7, 11) is 0. The first-order valence-electron chi connectivity index (χ1n) is 7.99. The van der Waals surface area contributed by atoms with Gasteiger partial charge in [0.1, 0.15) is 5.69 Å². The van der Waals surface area contributed by atoms with Gasteiger partial charge in [0, 0.05) is 37.8 Å². The fraction of sp³-hybridized carbons (Fsp3) is 0.562. The van der Waals surface area contributed by atoms with Crippen LogP contribution in [0.2, 0.25) is 0 Å². The molecular weight excluding hydrogens is 282 g/mol. The van der Waals surface area contributed by atoms with Gasteiger partial charge in [0.25, 0.3) is 11.6 Å². The first kappa shape index (κ1) is 14.8. The van der Waals surface area contributed by atoms with E-state index in [1.54, 1.807) is 17.0 Å². The molecule has 0 aromatic heterocycles. The van der Waals surface area contributed by atoms with E-state index in [4.69, 9.17) is 0 Å². The van der Waals surface area contributed by atoms with Gasteiger partial charge in [0.05, 0.1) is 4.92 Å². The number of rotatable bonds is 3. The molecule has 0 atom stereocenters. The Morgan fingerprint density at radius 2 is 1.68 bits per heavy atom. The summed E-state index contributed by atoms with van der Waals surface area (Å²) in [6, 6.07) is 4.92. The maximum atomic E-state index is 12.2. The summed E-state index contributed by atoms with van der Waals surface area (Å²) >= 11 is 0. The number of nitrogens with zero attached hydrogens (tertiary/aromatic N) is 3. The quantitative estimate of drug-likeness (QED) is 0.636. The molecule has 2 fully saturated rings. The monoisotopic (exact) mass is 303 g/mol. The van der Waals surface area contributed by atoms with Gasteiger partial charge in [0.2, 0.25) is 0 Å². The molecule has 0 aliphatic carbocycles. The van der Waals surface area contributed by atoms with Gasteiger partial charge >= 0.3 is 0 Å². The van der Waals surface area contributed by atoms with E-state index in [0.717, 1.165) is 45.4 Å². The Bertz CT molecular complexity index is 576. The molecule has 6 nitrogen and oxygen atoms in total. The summed E-state index contributed by atoms with van der Waals surface area (Å²) in [5.41, 5.74) is 1.12. The fourth-order valence-electron chi connectivity index (χ4n) is 3.08. The lowest BCUT2D eigenvalue weighted by Crippen LogP contribution is -2.42. The number of hydrogen-bond donors (Lipinski definition) is 0. The summed E-state index contributed by atoms with van der Waals surface area (Å²) in [6.45, 7) is 3.20. The van der Waals surface area contributed by atoms with Crippen molar-refractivity contribution < 1.29 is 9.72 Å². The highest BCUT2D eigenvalue weighted by atomic mass is 16.6. The van der Waals surface area contributed by atoms with Crippen molar-refractivity contribution in [2.45, 2.75) is 32.1 Å². The molecule has 0 unspecified atom stereocenters. The minimum Gasteiger partial charge on any atom is -0.366 e. The number of benzene rings is 1. The minimum atomic E-state index is -0.368. The number of likely N-dealkylation sites (tertiary alicyclic amines) is 1. The Morgan fingerprint density at radius 3 is 2.23 bits per heavy atom. The fourth-order valence-corrected chi connectivity index (χ4v) is 3.08. The summed E-state index contributed by atoms with van der Waals surface area (Å²) in [6.07, 6.45) is 5.49. The Kier molecular flexibility index (Phi) is 4.27. The second-order valence-electron chi connectivity index (χ2n) is 6.01. The molecular formula is C16H21N3O3. The van der Waals surface area contributed by atoms with E-state index in [-0.39, 0.29) is 16.5 Å². The first-order valence-corrected chi connectivity index (χ1v) is 7.99. The number of anilines is 1. The van der Waals surface area contributed by atoms with Gasteiger partial charge in [-0.15, -0.1) is 0 Å². The van der Waals surface area contributed by atoms with Crippen molar-refractivity contribution in [3.63, 3.8) is 0 Å². The third kappa shape index (κ3) is 2.91. The zero-order chi connectivity index (χ0) is 15.5. The number of nitro benzene ring substituents is 1. The Morgan fingerprint density at radius 1 is 1.00 bits per heavy atom.